The van der Waals surface area contributed by atoms with E-state index in [1.165, 1.54) is 4.80 Å². The highest BCUT2D eigenvalue weighted by Crippen LogP contribution is 2.34. The molecule has 4 heteroatoms. The third-order valence-electron chi connectivity index (χ3n) is 1.95. The summed E-state index contributed by atoms with van der Waals surface area (Å²) in [6.07, 6.45) is 5.79. The molecule has 0 aromatic carbocycles. The van der Waals surface area contributed by atoms with Crippen molar-refractivity contribution in [3.63, 3.8) is 0 Å². The Balaban J connectivity index is 2.27. The van der Waals surface area contributed by atoms with Crippen molar-refractivity contribution in [2.24, 2.45) is 0 Å². The largest absolute Gasteiger partial charge is 0.368 e. The van der Waals surface area contributed by atoms with Crippen molar-refractivity contribution in [1.82, 2.24) is 15.0 Å². The lowest BCUT2D eigenvalue weighted by Crippen LogP contribution is -2.41. The summed E-state index contributed by atoms with van der Waals surface area (Å²) in [5.41, 5.74) is -0.760. The monoisotopic (exact) mass is 139 g/mol. The fourth-order valence-corrected chi connectivity index (χ4v) is 1.12. The fraction of sp³-hybridized carbons (Fsp3) is 0.667. The zero-order valence-corrected chi connectivity index (χ0v) is 5.56. The van der Waals surface area contributed by atoms with Crippen molar-refractivity contribution in [2.45, 2.75) is 25.0 Å². The van der Waals surface area contributed by atoms with Crippen LogP contribution >= 0.6 is 0 Å². The first-order valence-corrected chi connectivity index (χ1v) is 3.40. The number of aromatic nitrogens is 3. The zero-order valence-electron chi connectivity index (χ0n) is 5.56. The van der Waals surface area contributed by atoms with Crippen LogP contribution in [0.2, 0.25) is 0 Å². The van der Waals surface area contributed by atoms with Gasteiger partial charge in [0, 0.05) is 0 Å². The van der Waals surface area contributed by atoms with Crippen LogP contribution in [-0.4, -0.2) is 20.1 Å². The van der Waals surface area contributed by atoms with Crippen LogP contribution in [0.1, 0.15) is 19.3 Å². The van der Waals surface area contributed by atoms with Gasteiger partial charge in [-0.3, -0.25) is 0 Å². The van der Waals surface area contributed by atoms with Gasteiger partial charge in [0.2, 0.25) is 0 Å². The van der Waals surface area contributed by atoms with Crippen LogP contribution in [-0.2, 0) is 5.72 Å². The van der Waals surface area contributed by atoms with Crippen LogP contribution in [0.25, 0.3) is 0 Å². The minimum atomic E-state index is -0.760. The maximum Gasteiger partial charge on any atom is 0.176 e. The minimum Gasteiger partial charge on any atom is -0.368 e. The second-order valence-electron chi connectivity index (χ2n) is 2.65. The van der Waals surface area contributed by atoms with E-state index in [0.717, 1.165) is 19.3 Å². The van der Waals surface area contributed by atoms with Gasteiger partial charge in [-0.2, -0.15) is 15.0 Å². The SMILES string of the molecule is OC1(n2nccn2)CCC1. The molecule has 1 fully saturated rings. The van der Waals surface area contributed by atoms with Crippen LogP contribution in [0, 0.1) is 0 Å². The van der Waals surface area contributed by atoms with E-state index < -0.39 is 5.72 Å². The molecule has 1 saturated carbocycles. The first-order valence-electron chi connectivity index (χ1n) is 3.40. The smallest absolute Gasteiger partial charge is 0.176 e. The molecule has 54 valence electrons. The molecule has 0 bridgehead atoms. The Morgan fingerprint density at radius 2 is 1.90 bits per heavy atom. The van der Waals surface area contributed by atoms with E-state index in [1.54, 1.807) is 12.4 Å². The van der Waals surface area contributed by atoms with Crippen LogP contribution < -0.4 is 0 Å². The van der Waals surface area contributed by atoms with Gasteiger partial charge < -0.3 is 5.11 Å². The van der Waals surface area contributed by atoms with E-state index in [9.17, 15) is 5.11 Å². The summed E-state index contributed by atoms with van der Waals surface area (Å²) in [5, 5.41) is 17.3. The van der Waals surface area contributed by atoms with E-state index in [1.807, 2.05) is 0 Å². The molecule has 1 aliphatic carbocycles. The molecule has 1 heterocycles. The molecule has 1 aliphatic rings. The first-order chi connectivity index (χ1) is 4.81. The summed E-state index contributed by atoms with van der Waals surface area (Å²) in [5.74, 6) is 0. The third kappa shape index (κ3) is 0.654. The van der Waals surface area contributed by atoms with Gasteiger partial charge >= 0.3 is 0 Å². The molecule has 0 atom stereocenters. The number of nitrogens with zero attached hydrogens (tertiary/aromatic N) is 3. The topological polar surface area (TPSA) is 50.9 Å². The summed E-state index contributed by atoms with van der Waals surface area (Å²) in [6.45, 7) is 0. The van der Waals surface area contributed by atoms with Gasteiger partial charge in [0.15, 0.2) is 5.72 Å². The third-order valence-corrected chi connectivity index (χ3v) is 1.95. The Labute approximate surface area is 58.5 Å². The maximum absolute atomic E-state index is 9.61. The van der Waals surface area contributed by atoms with E-state index >= 15 is 0 Å². The second-order valence-corrected chi connectivity index (χ2v) is 2.65. The summed E-state index contributed by atoms with van der Waals surface area (Å²) >= 11 is 0. The molecule has 0 radical (unpaired) electrons. The Hall–Kier alpha value is -0.900. The molecule has 0 amide bonds. The van der Waals surface area contributed by atoms with Crippen LogP contribution in [0.15, 0.2) is 12.4 Å². The number of rotatable bonds is 1. The molecule has 1 N–H and O–H groups in total. The van der Waals surface area contributed by atoms with E-state index in [2.05, 4.69) is 10.2 Å². The molecule has 0 aliphatic heterocycles. The Bertz CT molecular complexity index is 215. The Morgan fingerprint density at radius 3 is 2.30 bits per heavy atom. The van der Waals surface area contributed by atoms with Gasteiger partial charge in [-0.25, -0.2) is 0 Å². The van der Waals surface area contributed by atoms with Crippen LogP contribution in [0.3, 0.4) is 0 Å². The molecule has 0 saturated heterocycles. The Kier molecular flexibility index (Phi) is 1.05. The highest BCUT2D eigenvalue weighted by molar-refractivity contribution is 4.81. The molecule has 1 aromatic rings. The Morgan fingerprint density at radius 1 is 1.30 bits per heavy atom. The zero-order chi connectivity index (χ0) is 7.03. The second kappa shape index (κ2) is 1.79. The highest BCUT2D eigenvalue weighted by Gasteiger charge is 2.37. The molecular formula is C6H9N3O. The van der Waals surface area contributed by atoms with Crippen molar-refractivity contribution in [2.75, 3.05) is 0 Å². The van der Waals surface area contributed by atoms with Gasteiger partial charge in [0.05, 0.1) is 12.4 Å². The maximum atomic E-state index is 9.61. The number of aliphatic hydroxyl groups is 1. The predicted molar refractivity (Wildman–Crippen MR) is 34.1 cm³/mol. The summed E-state index contributed by atoms with van der Waals surface area (Å²) in [7, 11) is 0. The highest BCUT2D eigenvalue weighted by atomic mass is 16.3. The van der Waals surface area contributed by atoms with Crippen LogP contribution in [0.5, 0.6) is 0 Å². The lowest BCUT2D eigenvalue weighted by molar-refractivity contribution is -0.126. The molecule has 0 spiro atoms. The lowest BCUT2D eigenvalue weighted by atomic mass is 9.89. The number of hydrogen-bond acceptors (Lipinski definition) is 3. The normalized spacial score (nSPS) is 22.1. The molecule has 10 heavy (non-hydrogen) atoms. The van der Waals surface area contributed by atoms with E-state index in [0.29, 0.717) is 0 Å². The van der Waals surface area contributed by atoms with E-state index in [-0.39, 0.29) is 0 Å². The van der Waals surface area contributed by atoms with Crippen molar-refractivity contribution in [1.29, 1.82) is 0 Å². The summed E-state index contributed by atoms with van der Waals surface area (Å²) in [4.78, 5) is 1.39. The first kappa shape index (κ1) is 5.85. The van der Waals surface area contributed by atoms with Gasteiger partial charge in [0.25, 0.3) is 0 Å². The average molecular weight is 139 g/mol. The average Bonchev–Trinajstić information content (AvgIpc) is 2.33. The van der Waals surface area contributed by atoms with Gasteiger partial charge in [-0.15, -0.1) is 0 Å². The standard InChI is InChI=1S/C6H9N3O/c10-6(2-1-3-6)9-7-4-5-8-9/h4-5,10H,1-3H2. The van der Waals surface area contributed by atoms with Crippen LogP contribution in [0.4, 0.5) is 0 Å². The molecule has 2 rings (SSSR count). The van der Waals surface area contributed by atoms with Crippen molar-refractivity contribution < 1.29 is 5.11 Å². The summed E-state index contributed by atoms with van der Waals surface area (Å²) < 4.78 is 0. The number of hydrogen-bond donors (Lipinski definition) is 1. The molecular weight excluding hydrogens is 130 g/mol. The quantitative estimate of drug-likeness (QED) is 0.600. The van der Waals surface area contributed by atoms with Gasteiger partial charge in [-0.05, 0) is 19.3 Å². The minimum absolute atomic E-state index is 0.760. The lowest BCUT2D eigenvalue weighted by Gasteiger charge is -2.34. The van der Waals surface area contributed by atoms with Gasteiger partial charge in [0.1, 0.15) is 0 Å². The van der Waals surface area contributed by atoms with E-state index in [4.69, 9.17) is 0 Å². The molecule has 0 unspecified atom stereocenters. The molecule has 1 aromatic heterocycles. The van der Waals surface area contributed by atoms with Crippen molar-refractivity contribution in [3.05, 3.63) is 12.4 Å². The van der Waals surface area contributed by atoms with Crippen molar-refractivity contribution in [3.8, 4) is 0 Å². The molecule has 4 nitrogen and oxygen atoms in total. The predicted octanol–water partition coefficient (Wildman–Crippen LogP) is 0.107. The fourth-order valence-electron chi connectivity index (χ4n) is 1.12. The van der Waals surface area contributed by atoms with Crippen molar-refractivity contribution >= 4 is 0 Å². The summed E-state index contributed by atoms with van der Waals surface area (Å²) in [6, 6.07) is 0. The van der Waals surface area contributed by atoms with Gasteiger partial charge in [-0.1, -0.05) is 0 Å².